The summed E-state index contributed by atoms with van der Waals surface area (Å²) in [5, 5.41) is 0. The van der Waals surface area contributed by atoms with E-state index in [1.165, 1.54) is 77.8 Å². The summed E-state index contributed by atoms with van der Waals surface area (Å²) in [4.78, 5) is 0. The quantitative estimate of drug-likeness (QED) is 0.690. The van der Waals surface area contributed by atoms with E-state index in [4.69, 9.17) is 0 Å². The second kappa shape index (κ2) is 9.68. The summed E-state index contributed by atoms with van der Waals surface area (Å²) in [6.07, 6.45) is 8.53. The maximum Gasteiger partial charge on any atom is 0.120 e. The van der Waals surface area contributed by atoms with Crippen LogP contribution in [0.1, 0.15) is 52.4 Å². The van der Waals surface area contributed by atoms with Gasteiger partial charge >= 0.3 is 0 Å². The van der Waals surface area contributed by atoms with Crippen LogP contribution in [0.3, 0.4) is 0 Å². The fourth-order valence-corrected chi connectivity index (χ4v) is 5.99. The minimum absolute atomic E-state index is 0. The lowest BCUT2D eigenvalue weighted by molar-refractivity contribution is 0.276. The lowest BCUT2D eigenvalue weighted by Gasteiger charge is -2.47. The average molecular weight is 352 g/mol. The van der Waals surface area contributed by atoms with E-state index in [2.05, 4.69) is 27.9 Å². The van der Waals surface area contributed by atoms with Crippen molar-refractivity contribution < 1.29 is 0 Å². The molecule has 2 fully saturated rings. The molecule has 0 aliphatic carbocycles. The molecule has 2 rings (SSSR count). The van der Waals surface area contributed by atoms with Crippen LogP contribution < -0.4 is 0 Å². The van der Waals surface area contributed by atoms with Crippen molar-refractivity contribution in [2.24, 2.45) is 0 Å². The highest BCUT2D eigenvalue weighted by Crippen LogP contribution is 2.49. The first-order chi connectivity index (χ1) is 8.86. The highest BCUT2D eigenvalue weighted by atomic mass is 79.9. The van der Waals surface area contributed by atoms with Crippen molar-refractivity contribution in [3.63, 3.8) is 0 Å². The molecule has 114 valence electrons. The Morgan fingerprint density at radius 2 is 1.11 bits per heavy atom. The highest BCUT2D eigenvalue weighted by Gasteiger charge is 2.31. The van der Waals surface area contributed by atoms with Crippen LogP contribution >= 0.6 is 25.4 Å². The van der Waals surface area contributed by atoms with Crippen LogP contribution in [0.25, 0.3) is 0 Å². The molecule has 0 aromatic carbocycles. The second-order valence-electron chi connectivity index (χ2n) is 5.44. The number of hydrogen-bond acceptors (Lipinski definition) is 3. The molecule has 0 saturated carbocycles. The third kappa shape index (κ3) is 4.93. The molecule has 0 aromatic heterocycles. The first-order valence-electron chi connectivity index (χ1n) is 7.91. The Hall–Kier alpha value is 0.790. The third-order valence-electron chi connectivity index (χ3n) is 4.15. The molecular formula is C14H31BrN3P. The van der Waals surface area contributed by atoms with Gasteiger partial charge in [-0.3, -0.25) is 14.0 Å². The van der Waals surface area contributed by atoms with Gasteiger partial charge in [0.05, 0.1) is 0 Å². The van der Waals surface area contributed by atoms with Crippen molar-refractivity contribution >= 4 is 25.4 Å². The number of piperidine rings is 2. The zero-order chi connectivity index (χ0) is 12.8. The fraction of sp³-hybridized carbons (Fsp3) is 1.00. The van der Waals surface area contributed by atoms with Gasteiger partial charge in [-0.1, -0.05) is 26.7 Å². The van der Waals surface area contributed by atoms with Crippen LogP contribution in [-0.2, 0) is 0 Å². The molecule has 0 radical (unpaired) electrons. The second-order valence-corrected chi connectivity index (χ2v) is 7.67. The Bertz CT molecular complexity index is 209. The molecule has 0 aromatic rings. The molecule has 0 atom stereocenters. The molecule has 19 heavy (non-hydrogen) atoms. The van der Waals surface area contributed by atoms with Gasteiger partial charge in [-0.15, -0.1) is 17.0 Å². The molecule has 5 heteroatoms. The van der Waals surface area contributed by atoms with Crippen molar-refractivity contribution in [2.45, 2.75) is 52.4 Å². The molecule has 3 nitrogen and oxygen atoms in total. The molecule has 0 amide bonds. The molecule has 0 unspecified atom stereocenters. The van der Waals surface area contributed by atoms with Crippen LogP contribution in [0.5, 0.6) is 0 Å². The van der Waals surface area contributed by atoms with Gasteiger partial charge < -0.3 is 0 Å². The average Bonchev–Trinajstić information content (AvgIpc) is 2.46. The Balaban J connectivity index is 0.00000180. The summed E-state index contributed by atoms with van der Waals surface area (Å²) in [7, 11) is -0.161. The van der Waals surface area contributed by atoms with Gasteiger partial charge in [0.15, 0.2) is 0 Å². The summed E-state index contributed by atoms with van der Waals surface area (Å²) in [6.45, 7) is 12.4. The van der Waals surface area contributed by atoms with Crippen molar-refractivity contribution in [3.05, 3.63) is 0 Å². The molecule has 0 bridgehead atoms. The molecule has 2 aliphatic heterocycles. The predicted octanol–water partition coefficient (Wildman–Crippen LogP) is 4.10. The van der Waals surface area contributed by atoms with E-state index in [0.717, 1.165) is 0 Å². The van der Waals surface area contributed by atoms with Crippen LogP contribution in [0.2, 0.25) is 0 Å². The van der Waals surface area contributed by atoms with Crippen LogP contribution in [0.4, 0.5) is 0 Å². The van der Waals surface area contributed by atoms with Crippen molar-refractivity contribution in [1.82, 2.24) is 14.0 Å². The van der Waals surface area contributed by atoms with Gasteiger partial charge in [0, 0.05) is 39.3 Å². The normalized spacial score (nSPS) is 22.7. The van der Waals surface area contributed by atoms with Crippen molar-refractivity contribution in [3.8, 4) is 0 Å². The lowest BCUT2D eigenvalue weighted by atomic mass is 10.2. The van der Waals surface area contributed by atoms with E-state index in [0.29, 0.717) is 0 Å². The van der Waals surface area contributed by atoms with Crippen LogP contribution in [0, 0.1) is 0 Å². The molecule has 2 heterocycles. The van der Waals surface area contributed by atoms with Gasteiger partial charge in [0.25, 0.3) is 0 Å². The maximum absolute atomic E-state index is 2.80. The van der Waals surface area contributed by atoms with E-state index >= 15 is 0 Å². The van der Waals surface area contributed by atoms with Gasteiger partial charge in [-0.25, -0.2) is 0 Å². The zero-order valence-electron chi connectivity index (χ0n) is 12.7. The van der Waals surface area contributed by atoms with Crippen LogP contribution in [-0.4, -0.2) is 53.3 Å². The summed E-state index contributed by atoms with van der Waals surface area (Å²) < 4.78 is 8.32. The first kappa shape index (κ1) is 17.8. The van der Waals surface area contributed by atoms with Gasteiger partial charge in [0.1, 0.15) is 8.37 Å². The summed E-state index contributed by atoms with van der Waals surface area (Å²) >= 11 is 0. The summed E-state index contributed by atoms with van der Waals surface area (Å²) in [5.41, 5.74) is 0. The number of nitrogens with zero attached hydrogens (tertiary/aromatic N) is 3. The summed E-state index contributed by atoms with van der Waals surface area (Å²) in [5.74, 6) is 0. The van der Waals surface area contributed by atoms with E-state index in [1.54, 1.807) is 0 Å². The zero-order valence-corrected chi connectivity index (χ0v) is 15.3. The maximum atomic E-state index is 2.80. The Kier molecular flexibility index (Phi) is 9.09. The number of hydrogen-bond donors (Lipinski definition) is 0. The first-order valence-corrected chi connectivity index (χ1v) is 9.11. The molecule has 2 aliphatic rings. The highest BCUT2D eigenvalue weighted by molar-refractivity contribution is 8.93. The van der Waals surface area contributed by atoms with Crippen molar-refractivity contribution in [1.29, 1.82) is 0 Å². The fourth-order valence-electron chi connectivity index (χ4n) is 3.13. The minimum atomic E-state index is -0.161. The number of rotatable bonds is 5. The van der Waals surface area contributed by atoms with E-state index in [1.807, 2.05) is 0 Å². The molecule has 0 N–H and O–H groups in total. The van der Waals surface area contributed by atoms with Crippen molar-refractivity contribution in [2.75, 3.05) is 39.3 Å². The number of halogens is 1. The molecule has 2 saturated heterocycles. The van der Waals surface area contributed by atoms with E-state index < -0.39 is 0 Å². The largest absolute Gasteiger partial charge is 0.258 e. The molecular weight excluding hydrogens is 321 g/mol. The minimum Gasteiger partial charge on any atom is -0.258 e. The van der Waals surface area contributed by atoms with Gasteiger partial charge in [-0.2, -0.15) is 0 Å². The third-order valence-corrected chi connectivity index (χ3v) is 7.04. The monoisotopic (exact) mass is 351 g/mol. The topological polar surface area (TPSA) is 9.72 Å². The Labute approximate surface area is 131 Å². The van der Waals surface area contributed by atoms with Gasteiger partial charge in [-0.05, 0) is 25.7 Å². The lowest BCUT2D eigenvalue weighted by Crippen LogP contribution is -2.41. The smallest absolute Gasteiger partial charge is 0.120 e. The molecule has 0 spiro atoms. The Morgan fingerprint density at radius 3 is 1.42 bits per heavy atom. The van der Waals surface area contributed by atoms with Gasteiger partial charge in [0.2, 0.25) is 0 Å². The van der Waals surface area contributed by atoms with Crippen LogP contribution in [0.15, 0.2) is 0 Å². The standard InChI is InChI=1S/C14H30N3P.BrH/c1-3-15(4-2)18(16-11-7-5-8-12-16)17-13-9-6-10-14-17;/h3-14H2,1-2H3;1H. The SMILES string of the molecule is Br.CCN(CC)P(N1CCCCC1)N1CCCCC1. The van der Waals surface area contributed by atoms with E-state index in [9.17, 15) is 0 Å². The van der Waals surface area contributed by atoms with E-state index in [-0.39, 0.29) is 25.4 Å². The Morgan fingerprint density at radius 1 is 0.737 bits per heavy atom. The summed E-state index contributed by atoms with van der Waals surface area (Å²) in [6, 6.07) is 0. The predicted molar refractivity (Wildman–Crippen MR) is 91.0 cm³/mol.